The monoisotopic (exact) mass is 643 g/mol. The number of para-hydroxylation sites is 2. The summed E-state index contributed by atoms with van der Waals surface area (Å²) in [5.41, 5.74) is -1.94. The van der Waals surface area contributed by atoms with Crippen molar-refractivity contribution in [3.63, 3.8) is 0 Å². The summed E-state index contributed by atoms with van der Waals surface area (Å²) in [6.07, 6.45) is 0. The summed E-state index contributed by atoms with van der Waals surface area (Å²) in [6.45, 7) is 0. The Morgan fingerprint density at radius 1 is 0.510 bits per heavy atom. The van der Waals surface area contributed by atoms with E-state index in [1.807, 2.05) is 24.3 Å². The van der Waals surface area contributed by atoms with Crippen LogP contribution < -0.4 is 4.90 Å². The second-order valence-corrected chi connectivity index (χ2v) is 11.2. The second-order valence-electron chi connectivity index (χ2n) is 11.2. The molecule has 0 unspecified atom stereocenters. The van der Waals surface area contributed by atoms with Gasteiger partial charge in [0, 0.05) is 38.6 Å². The van der Waals surface area contributed by atoms with Crippen LogP contribution in [0.1, 0.15) is 23.3 Å². The molecule has 49 heavy (non-hydrogen) atoms. The largest absolute Gasteiger partial charge is 0.455 e. The minimum atomic E-state index is -0.860. The fourth-order valence-electron chi connectivity index (χ4n) is 6.34. The van der Waals surface area contributed by atoms with Crippen molar-refractivity contribution >= 4 is 71.6 Å². The van der Waals surface area contributed by atoms with Crippen LogP contribution in [0, 0.1) is 0 Å². The van der Waals surface area contributed by atoms with Crippen molar-refractivity contribution in [2.45, 2.75) is 0 Å². The molecule has 0 bridgehead atoms. The van der Waals surface area contributed by atoms with E-state index in [1.54, 1.807) is 59.2 Å². The first-order chi connectivity index (χ1) is 31.4. The number of aromatic nitrogens is 1. The number of furan rings is 1. The molecule has 2 heterocycles. The van der Waals surface area contributed by atoms with E-state index in [-0.39, 0.29) is 27.6 Å². The molecular formula is C46H30N2O. The van der Waals surface area contributed by atoms with Crippen LogP contribution in [-0.2, 0) is 0 Å². The van der Waals surface area contributed by atoms with Crippen molar-refractivity contribution in [3.8, 4) is 16.8 Å². The second kappa shape index (κ2) is 11.0. The molecule has 0 aliphatic rings. The average Bonchev–Trinajstić information content (AvgIpc) is 3.87. The van der Waals surface area contributed by atoms with E-state index in [1.165, 1.54) is 0 Å². The third-order valence-electron chi connectivity index (χ3n) is 8.48. The highest BCUT2D eigenvalue weighted by Gasteiger charge is 2.21. The first-order valence-electron chi connectivity index (χ1n) is 23.8. The Labute approximate surface area is 307 Å². The van der Waals surface area contributed by atoms with E-state index in [9.17, 15) is 11.0 Å². The van der Waals surface area contributed by atoms with Gasteiger partial charge in [-0.3, -0.25) is 0 Å². The van der Waals surface area contributed by atoms with Crippen LogP contribution in [-0.4, -0.2) is 4.57 Å². The van der Waals surface area contributed by atoms with Crippen molar-refractivity contribution in [3.05, 3.63) is 182 Å². The molecule has 10 aromatic rings. The molecular weight excluding hydrogens is 597 g/mol. The summed E-state index contributed by atoms with van der Waals surface area (Å²) in [6, 6.07) is 10.4. The van der Waals surface area contributed by atoms with Crippen LogP contribution in [0.25, 0.3) is 71.3 Å². The quantitative estimate of drug-likeness (QED) is 0.186. The SMILES string of the molecule is [2H]c1c([2H])c(-c2ccccc2)c([2H])c(N(c2c([2H])c([2H])c(-n3c4ccccc4c4ccccc43)c([2H])c2[2H])c2c([2H])c([2H])c([2H])c3oc4c5c([2H])c([2H])c([2H])c([2H])c5c([2H])c([2H])c4c23)c1[2H]. The zero-order valence-corrected chi connectivity index (χ0v) is 25.3. The summed E-state index contributed by atoms with van der Waals surface area (Å²) >= 11 is 0. The first-order valence-corrected chi connectivity index (χ1v) is 15.3. The predicted octanol–water partition coefficient (Wildman–Crippen LogP) is 13.0. The van der Waals surface area contributed by atoms with Gasteiger partial charge in [-0.05, 0) is 83.0 Å². The van der Waals surface area contributed by atoms with E-state index in [4.69, 9.17) is 16.8 Å². The number of benzene rings is 8. The molecule has 8 aromatic carbocycles. The molecule has 230 valence electrons. The summed E-state index contributed by atoms with van der Waals surface area (Å²) in [5.74, 6) is 0. The highest BCUT2D eigenvalue weighted by atomic mass is 16.3. The zero-order valence-electron chi connectivity index (χ0n) is 42.3. The minimum Gasteiger partial charge on any atom is -0.455 e. The molecule has 0 spiro atoms. The van der Waals surface area contributed by atoms with Crippen LogP contribution in [0.3, 0.4) is 0 Å². The van der Waals surface area contributed by atoms with Gasteiger partial charge in [0.1, 0.15) is 11.2 Å². The summed E-state index contributed by atoms with van der Waals surface area (Å²) in [5, 5.41) is -0.0546. The molecule has 3 nitrogen and oxygen atoms in total. The lowest BCUT2D eigenvalue weighted by molar-refractivity contribution is 0.672. The van der Waals surface area contributed by atoms with Crippen LogP contribution in [0.4, 0.5) is 17.1 Å². The van der Waals surface area contributed by atoms with E-state index in [0.29, 0.717) is 11.0 Å². The maximum atomic E-state index is 9.78. The van der Waals surface area contributed by atoms with Gasteiger partial charge in [0.25, 0.3) is 0 Å². The first kappa shape index (κ1) is 15.5. The maximum absolute atomic E-state index is 9.78. The van der Waals surface area contributed by atoms with E-state index < -0.39 is 142 Å². The van der Waals surface area contributed by atoms with Gasteiger partial charge in [-0.15, -0.1) is 0 Å². The Bertz CT molecular complexity index is 3730. The van der Waals surface area contributed by atoms with Gasteiger partial charge in [-0.1, -0.05) is 115 Å². The van der Waals surface area contributed by atoms with Gasteiger partial charge in [0.2, 0.25) is 0 Å². The third-order valence-corrected chi connectivity index (χ3v) is 8.48. The fraction of sp³-hybridized carbons (Fsp3) is 0. The van der Waals surface area contributed by atoms with Crippen molar-refractivity contribution in [1.29, 1.82) is 0 Å². The molecule has 2 aromatic heterocycles. The molecule has 10 rings (SSSR count). The van der Waals surface area contributed by atoms with Gasteiger partial charge >= 0.3 is 0 Å². The van der Waals surface area contributed by atoms with Gasteiger partial charge in [0.15, 0.2) is 0 Å². The number of hydrogen-bond acceptors (Lipinski definition) is 2. The standard InChI is InChI=1S/C46H30N2O/c1-2-12-31(13-3-1)33-15-10-16-36(30-33)47(43-22-11-23-44-45(43)40-29-24-32-14-4-5-17-37(32)46(40)49-44)34-25-27-35(28-26-34)48-41-20-8-6-18-38(41)39-19-7-9-21-42(39)48/h1-30H/i4D,5D,10D,11D,14D,15D,16D,17D,22D,23D,24D,25D,26D,27D,28D,29D,30D. The molecule has 0 N–H and O–H groups in total. The Kier molecular flexibility index (Phi) is 3.49. The summed E-state index contributed by atoms with van der Waals surface area (Å²) < 4.78 is 164. The minimum absolute atomic E-state index is 0.184. The molecule has 0 aliphatic carbocycles. The number of anilines is 3. The summed E-state index contributed by atoms with van der Waals surface area (Å²) in [4.78, 5) is 0.829. The lowest BCUT2D eigenvalue weighted by Crippen LogP contribution is -2.10. The molecule has 0 atom stereocenters. The van der Waals surface area contributed by atoms with Gasteiger partial charge in [0.05, 0.1) is 45.4 Å². The van der Waals surface area contributed by atoms with Crippen molar-refractivity contribution < 1.29 is 27.7 Å². The van der Waals surface area contributed by atoms with Gasteiger partial charge in [-0.25, -0.2) is 0 Å². The fourth-order valence-corrected chi connectivity index (χ4v) is 6.34. The van der Waals surface area contributed by atoms with Crippen LogP contribution in [0.5, 0.6) is 0 Å². The lowest BCUT2D eigenvalue weighted by Gasteiger charge is -2.27. The maximum Gasteiger partial charge on any atom is 0.143 e. The topological polar surface area (TPSA) is 21.3 Å². The highest BCUT2D eigenvalue weighted by Crippen LogP contribution is 2.45. The highest BCUT2D eigenvalue weighted by molar-refractivity contribution is 6.19. The van der Waals surface area contributed by atoms with Crippen molar-refractivity contribution in [1.82, 2.24) is 4.57 Å². The normalized spacial score (nSPS) is 16.5. The number of fused-ring (bicyclic) bond motifs is 8. The molecule has 0 fully saturated rings. The lowest BCUT2D eigenvalue weighted by atomic mass is 10.0. The van der Waals surface area contributed by atoms with Crippen LogP contribution >= 0.6 is 0 Å². The molecule has 0 aliphatic heterocycles. The molecule has 3 heteroatoms. The van der Waals surface area contributed by atoms with Crippen molar-refractivity contribution in [2.24, 2.45) is 0 Å². The smallest absolute Gasteiger partial charge is 0.143 e. The molecule has 0 saturated carbocycles. The van der Waals surface area contributed by atoms with Crippen LogP contribution in [0.2, 0.25) is 0 Å². The Balaban J connectivity index is 1.43. The molecule has 0 saturated heterocycles. The van der Waals surface area contributed by atoms with Gasteiger partial charge in [-0.2, -0.15) is 0 Å². The number of hydrogen-bond donors (Lipinski definition) is 0. The average molecular weight is 644 g/mol. The van der Waals surface area contributed by atoms with Gasteiger partial charge < -0.3 is 13.9 Å². The van der Waals surface area contributed by atoms with E-state index in [2.05, 4.69) is 0 Å². The van der Waals surface area contributed by atoms with E-state index >= 15 is 0 Å². The Hall–Kier alpha value is -6.58. The number of nitrogens with zero attached hydrogens (tertiary/aromatic N) is 2. The Morgan fingerprint density at radius 3 is 2.02 bits per heavy atom. The Morgan fingerprint density at radius 2 is 1.22 bits per heavy atom. The summed E-state index contributed by atoms with van der Waals surface area (Å²) in [7, 11) is 0. The zero-order chi connectivity index (χ0) is 47.1. The third kappa shape index (κ3) is 4.37. The number of rotatable bonds is 5. The van der Waals surface area contributed by atoms with E-state index in [0.717, 1.165) is 15.7 Å². The van der Waals surface area contributed by atoms with Crippen molar-refractivity contribution in [2.75, 3.05) is 4.90 Å². The van der Waals surface area contributed by atoms with Crippen LogP contribution in [0.15, 0.2) is 186 Å². The predicted molar refractivity (Wildman–Crippen MR) is 206 cm³/mol. The molecule has 0 amide bonds. The molecule has 0 radical (unpaired) electrons.